The summed E-state index contributed by atoms with van der Waals surface area (Å²) in [6, 6.07) is 0. The molecule has 1 rings (SSSR count). The van der Waals surface area contributed by atoms with Crippen molar-refractivity contribution in [1.29, 1.82) is 0 Å². The molecule has 0 atom stereocenters. The average molecular weight is 254 g/mol. The number of hydrogen-bond acceptors (Lipinski definition) is 4. The number of carbonyl (C=O) groups excluding carboxylic acids is 2. The fourth-order valence-electron chi connectivity index (χ4n) is 2.30. The van der Waals surface area contributed by atoms with Crippen LogP contribution in [0, 0.1) is 5.41 Å². The molecular formula is C14H22O4. The van der Waals surface area contributed by atoms with Gasteiger partial charge in [-0.15, -0.1) is 0 Å². The van der Waals surface area contributed by atoms with Crippen molar-refractivity contribution in [3.63, 3.8) is 0 Å². The van der Waals surface area contributed by atoms with Crippen molar-refractivity contribution in [1.82, 2.24) is 0 Å². The molecule has 1 saturated carbocycles. The Kier molecular flexibility index (Phi) is 5.89. The molecule has 1 aliphatic rings. The SMILES string of the molecule is CCOC(=O)/C=C/C1(COC(C)=O)CCCCC1. The monoisotopic (exact) mass is 254 g/mol. The fourth-order valence-corrected chi connectivity index (χ4v) is 2.30. The van der Waals surface area contributed by atoms with Gasteiger partial charge in [0.25, 0.3) is 0 Å². The van der Waals surface area contributed by atoms with Gasteiger partial charge in [-0.2, -0.15) is 0 Å². The molecule has 0 spiro atoms. The van der Waals surface area contributed by atoms with E-state index in [0.29, 0.717) is 13.2 Å². The molecule has 0 aliphatic heterocycles. The Morgan fingerprint density at radius 2 is 1.83 bits per heavy atom. The maximum Gasteiger partial charge on any atom is 0.330 e. The minimum Gasteiger partial charge on any atom is -0.465 e. The van der Waals surface area contributed by atoms with Crippen LogP contribution in [0.4, 0.5) is 0 Å². The Bertz CT molecular complexity index is 314. The van der Waals surface area contributed by atoms with Crippen molar-refractivity contribution in [2.75, 3.05) is 13.2 Å². The molecule has 0 N–H and O–H groups in total. The summed E-state index contributed by atoms with van der Waals surface area (Å²) in [6.45, 7) is 3.92. The summed E-state index contributed by atoms with van der Waals surface area (Å²) in [7, 11) is 0. The Labute approximate surface area is 108 Å². The van der Waals surface area contributed by atoms with E-state index in [9.17, 15) is 9.59 Å². The summed E-state index contributed by atoms with van der Waals surface area (Å²) in [4.78, 5) is 22.3. The lowest BCUT2D eigenvalue weighted by Gasteiger charge is -2.33. The van der Waals surface area contributed by atoms with E-state index in [4.69, 9.17) is 9.47 Å². The molecule has 0 saturated heterocycles. The second-order valence-electron chi connectivity index (χ2n) is 4.79. The molecular weight excluding hydrogens is 232 g/mol. The minimum absolute atomic E-state index is 0.184. The van der Waals surface area contributed by atoms with Gasteiger partial charge in [0.2, 0.25) is 0 Å². The smallest absolute Gasteiger partial charge is 0.330 e. The van der Waals surface area contributed by atoms with Crippen molar-refractivity contribution in [3.05, 3.63) is 12.2 Å². The molecule has 0 aromatic carbocycles. The van der Waals surface area contributed by atoms with Gasteiger partial charge in [0.1, 0.15) is 6.61 Å². The van der Waals surface area contributed by atoms with Gasteiger partial charge < -0.3 is 9.47 Å². The normalized spacial score (nSPS) is 18.6. The van der Waals surface area contributed by atoms with Crippen molar-refractivity contribution >= 4 is 11.9 Å². The van der Waals surface area contributed by atoms with Gasteiger partial charge >= 0.3 is 11.9 Å². The van der Waals surface area contributed by atoms with E-state index in [1.807, 2.05) is 6.08 Å². The highest BCUT2D eigenvalue weighted by atomic mass is 16.5. The minimum atomic E-state index is -0.328. The summed E-state index contributed by atoms with van der Waals surface area (Å²) in [6.07, 6.45) is 8.66. The first-order valence-electron chi connectivity index (χ1n) is 6.57. The standard InChI is InChI=1S/C14H22O4/c1-3-17-13(16)7-10-14(11-18-12(2)15)8-5-4-6-9-14/h7,10H,3-6,8-9,11H2,1-2H3/b10-7+. The number of ether oxygens (including phenoxy) is 2. The maximum atomic E-state index is 11.3. The zero-order valence-corrected chi connectivity index (χ0v) is 11.2. The number of rotatable bonds is 5. The Balaban J connectivity index is 2.64. The van der Waals surface area contributed by atoms with E-state index in [0.717, 1.165) is 25.7 Å². The Morgan fingerprint density at radius 1 is 1.17 bits per heavy atom. The van der Waals surface area contributed by atoms with Crippen LogP contribution in [0.5, 0.6) is 0 Å². The summed E-state index contributed by atoms with van der Waals surface area (Å²) in [5.74, 6) is -0.602. The van der Waals surface area contributed by atoms with Crippen LogP contribution >= 0.6 is 0 Å². The van der Waals surface area contributed by atoms with Gasteiger partial charge in [-0.3, -0.25) is 4.79 Å². The summed E-state index contributed by atoms with van der Waals surface area (Å²) >= 11 is 0. The second kappa shape index (κ2) is 7.19. The van der Waals surface area contributed by atoms with Gasteiger partial charge in [-0.1, -0.05) is 25.3 Å². The molecule has 102 valence electrons. The lowest BCUT2D eigenvalue weighted by atomic mass is 9.74. The van der Waals surface area contributed by atoms with Crippen LogP contribution in [-0.4, -0.2) is 25.2 Å². The van der Waals surface area contributed by atoms with Crippen LogP contribution in [0.2, 0.25) is 0 Å². The Morgan fingerprint density at radius 3 is 2.39 bits per heavy atom. The van der Waals surface area contributed by atoms with Crippen LogP contribution in [-0.2, 0) is 19.1 Å². The molecule has 0 aromatic heterocycles. The lowest BCUT2D eigenvalue weighted by molar-refractivity contribution is -0.144. The van der Waals surface area contributed by atoms with Crippen molar-refractivity contribution in [2.24, 2.45) is 5.41 Å². The first kappa shape index (κ1) is 14.7. The highest BCUT2D eigenvalue weighted by Gasteiger charge is 2.31. The molecule has 0 bridgehead atoms. The molecule has 0 radical (unpaired) electrons. The van der Waals surface area contributed by atoms with E-state index >= 15 is 0 Å². The molecule has 0 amide bonds. The molecule has 18 heavy (non-hydrogen) atoms. The topological polar surface area (TPSA) is 52.6 Å². The molecule has 0 unspecified atom stereocenters. The molecule has 0 aromatic rings. The van der Waals surface area contributed by atoms with Crippen LogP contribution in [0.1, 0.15) is 46.0 Å². The van der Waals surface area contributed by atoms with Gasteiger partial charge in [-0.05, 0) is 19.8 Å². The van der Waals surface area contributed by atoms with E-state index in [2.05, 4.69) is 0 Å². The quantitative estimate of drug-likeness (QED) is 0.559. The fraction of sp³-hybridized carbons (Fsp3) is 0.714. The van der Waals surface area contributed by atoms with Gasteiger partial charge in [-0.25, -0.2) is 4.79 Å². The molecule has 1 aliphatic carbocycles. The predicted octanol–water partition coefficient (Wildman–Crippen LogP) is 2.62. The maximum absolute atomic E-state index is 11.3. The third-order valence-corrected chi connectivity index (χ3v) is 3.27. The van der Waals surface area contributed by atoms with Crippen LogP contribution in [0.15, 0.2) is 12.2 Å². The van der Waals surface area contributed by atoms with Crippen LogP contribution in [0.25, 0.3) is 0 Å². The van der Waals surface area contributed by atoms with Crippen molar-refractivity contribution < 1.29 is 19.1 Å². The summed E-state index contributed by atoms with van der Waals surface area (Å²) in [5, 5.41) is 0. The van der Waals surface area contributed by atoms with Gasteiger partial charge in [0.05, 0.1) is 6.61 Å². The first-order valence-corrected chi connectivity index (χ1v) is 6.57. The highest BCUT2D eigenvalue weighted by molar-refractivity contribution is 5.82. The second-order valence-corrected chi connectivity index (χ2v) is 4.79. The first-order chi connectivity index (χ1) is 8.58. The molecule has 0 heterocycles. The van der Waals surface area contributed by atoms with Gasteiger partial charge in [0.15, 0.2) is 0 Å². The summed E-state index contributed by atoms with van der Waals surface area (Å²) in [5.41, 5.74) is -0.184. The van der Waals surface area contributed by atoms with Crippen LogP contribution < -0.4 is 0 Å². The number of hydrogen-bond donors (Lipinski definition) is 0. The zero-order valence-electron chi connectivity index (χ0n) is 11.2. The van der Waals surface area contributed by atoms with Crippen LogP contribution in [0.3, 0.4) is 0 Å². The average Bonchev–Trinajstić information content (AvgIpc) is 2.36. The molecule has 4 nitrogen and oxygen atoms in total. The van der Waals surface area contributed by atoms with Crippen molar-refractivity contribution in [2.45, 2.75) is 46.0 Å². The number of carbonyl (C=O) groups is 2. The Hall–Kier alpha value is -1.32. The zero-order chi connectivity index (χ0) is 13.4. The number of esters is 2. The largest absolute Gasteiger partial charge is 0.465 e. The predicted molar refractivity (Wildman–Crippen MR) is 67.9 cm³/mol. The lowest BCUT2D eigenvalue weighted by Crippen LogP contribution is -2.29. The third-order valence-electron chi connectivity index (χ3n) is 3.27. The van der Waals surface area contributed by atoms with E-state index in [1.165, 1.54) is 19.4 Å². The highest BCUT2D eigenvalue weighted by Crippen LogP contribution is 2.38. The van der Waals surface area contributed by atoms with Gasteiger partial charge in [0, 0.05) is 18.4 Å². The molecule has 1 fully saturated rings. The third kappa shape index (κ3) is 4.90. The molecule has 4 heteroatoms. The van der Waals surface area contributed by atoms with E-state index in [-0.39, 0.29) is 17.4 Å². The van der Waals surface area contributed by atoms with E-state index in [1.54, 1.807) is 6.92 Å². The van der Waals surface area contributed by atoms with E-state index < -0.39 is 0 Å². The van der Waals surface area contributed by atoms with Crippen molar-refractivity contribution in [3.8, 4) is 0 Å². The summed E-state index contributed by atoms with van der Waals surface area (Å²) < 4.78 is 10.0.